The topological polar surface area (TPSA) is 49.0 Å². The number of aromatic amines is 1. The van der Waals surface area contributed by atoms with Gasteiger partial charge in [-0.05, 0) is 0 Å². The van der Waals surface area contributed by atoms with Gasteiger partial charge in [0.25, 0.3) is 11.5 Å². The van der Waals surface area contributed by atoms with E-state index in [1.54, 1.807) is 0 Å². The molecule has 1 aliphatic heterocycles. The number of hydrogen-bond donors (Lipinski definition) is 1. The van der Waals surface area contributed by atoms with Gasteiger partial charge in [-0.15, -0.1) is 0 Å². The van der Waals surface area contributed by atoms with E-state index >= 15 is 0 Å². The van der Waals surface area contributed by atoms with Gasteiger partial charge in [0.15, 0.2) is 0 Å². The van der Waals surface area contributed by atoms with Crippen LogP contribution in [0.5, 0.6) is 0 Å². The van der Waals surface area contributed by atoms with Crippen molar-refractivity contribution in [2.75, 3.05) is 18.0 Å². The lowest BCUT2D eigenvalue weighted by molar-refractivity contribution is 0.0257. The lowest BCUT2D eigenvalue weighted by Crippen LogP contribution is -2.26. The van der Waals surface area contributed by atoms with E-state index in [-0.39, 0.29) is 25.1 Å². The summed E-state index contributed by atoms with van der Waals surface area (Å²) >= 11 is 0. The summed E-state index contributed by atoms with van der Waals surface area (Å²) in [6, 6.07) is 1.27. The molecule has 0 bridgehead atoms. The first-order valence-corrected chi connectivity index (χ1v) is 4.24. The van der Waals surface area contributed by atoms with Crippen molar-refractivity contribution < 1.29 is 8.78 Å². The smallest absolute Gasteiger partial charge is 0.266 e. The second-order valence-electron chi connectivity index (χ2n) is 3.33. The SMILES string of the molecule is O=c1cc(N2CCC(F)(F)C2)cn[nH]1. The van der Waals surface area contributed by atoms with Crippen molar-refractivity contribution >= 4 is 5.69 Å². The second-order valence-corrected chi connectivity index (χ2v) is 3.33. The van der Waals surface area contributed by atoms with Crippen LogP contribution in [0.4, 0.5) is 14.5 Å². The van der Waals surface area contributed by atoms with Gasteiger partial charge in [0.05, 0.1) is 18.4 Å². The molecule has 1 saturated heterocycles. The van der Waals surface area contributed by atoms with Gasteiger partial charge in [0.2, 0.25) is 0 Å². The third-order valence-electron chi connectivity index (χ3n) is 2.19. The molecule has 4 nitrogen and oxygen atoms in total. The molecule has 0 atom stereocenters. The van der Waals surface area contributed by atoms with Crippen LogP contribution in [-0.4, -0.2) is 29.2 Å². The highest BCUT2D eigenvalue weighted by Gasteiger charge is 2.38. The molecule has 2 heterocycles. The minimum absolute atomic E-state index is 0.167. The molecule has 0 unspecified atom stereocenters. The van der Waals surface area contributed by atoms with Crippen LogP contribution in [0, 0.1) is 0 Å². The first-order chi connectivity index (χ1) is 6.57. The van der Waals surface area contributed by atoms with Crippen LogP contribution in [0.1, 0.15) is 6.42 Å². The van der Waals surface area contributed by atoms with E-state index in [1.807, 2.05) is 0 Å². The van der Waals surface area contributed by atoms with Crippen molar-refractivity contribution in [2.24, 2.45) is 0 Å². The molecule has 1 aromatic heterocycles. The van der Waals surface area contributed by atoms with E-state index in [0.717, 1.165) is 0 Å². The van der Waals surface area contributed by atoms with Crippen LogP contribution in [0.3, 0.4) is 0 Å². The minimum atomic E-state index is -2.65. The lowest BCUT2D eigenvalue weighted by Gasteiger charge is -2.16. The molecule has 0 spiro atoms. The summed E-state index contributed by atoms with van der Waals surface area (Å²) in [6.45, 7) is -0.0731. The maximum Gasteiger partial charge on any atom is 0.266 e. The Kier molecular flexibility index (Phi) is 1.98. The Morgan fingerprint density at radius 2 is 2.36 bits per heavy atom. The Bertz CT molecular complexity index is 390. The van der Waals surface area contributed by atoms with Gasteiger partial charge in [0.1, 0.15) is 0 Å². The van der Waals surface area contributed by atoms with E-state index in [0.29, 0.717) is 5.69 Å². The second kappa shape index (κ2) is 3.04. The Morgan fingerprint density at radius 3 is 2.93 bits per heavy atom. The summed E-state index contributed by atoms with van der Waals surface area (Å²) in [4.78, 5) is 12.3. The standard InChI is InChI=1S/C8H9F2N3O/c9-8(10)1-2-13(5-8)6-3-7(14)12-11-4-6/h3-4H,1-2,5H2,(H,12,14). The molecule has 0 radical (unpaired) electrons. The predicted octanol–water partition coefficient (Wildman–Crippen LogP) is 0.615. The van der Waals surface area contributed by atoms with Crippen LogP contribution < -0.4 is 10.5 Å². The number of halogens is 2. The number of hydrogen-bond acceptors (Lipinski definition) is 3. The van der Waals surface area contributed by atoms with Crippen LogP contribution in [0.15, 0.2) is 17.1 Å². The van der Waals surface area contributed by atoms with Crippen LogP contribution >= 0.6 is 0 Å². The molecule has 1 fully saturated rings. The molecule has 0 amide bonds. The van der Waals surface area contributed by atoms with E-state index in [9.17, 15) is 13.6 Å². The summed E-state index contributed by atoms with van der Waals surface area (Å²) in [5.41, 5.74) is 0.0728. The molecule has 0 aromatic carbocycles. The molecule has 6 heteroatoms. The average molecular weight is 201 g/mol. The number of H-pyrrole nitrogens is 1. The monoisotopic (exact) mass is 201 g/mol. The van der Waals surface area contributed by atoms with Gasteiger partial charge in [0, 0.05) is 19.0 Å². The zero-order valence-corrected chi connectivity index (χ0v) is 7.33. The normalized spacial score (nSPS) is 20.0. The molecule has 14 heavy (non-hydrogen) atoms. The number of anilines is 1. The first-order valence-electron chi connectivity index (χ1n) is 4.24. The van der Waals surface area contributed by atoms with Crippen molar-refractivity contribution in [1.29, 1.82) is 0 Å². The Balaban J connectivity index is 2.22. The molecule has 2 rings (SSSR count). The molecule has 0 saturated carbocycles. The van der Waals surface area contributed by atoms with E-state index in [1.165, 1.54) is 17.2 Å². The van der Waals surface area contributed by atoms with Gasteiger partial charge in [-0.3, -0.25) is 4.79 Å². The molecule has 1 aromatic rings. The fourth-order valence-corrected chi connectivity index (χ4v) is 1.50. The highest BCUT2D eigenvalue weighted by Crippen LogP contribution is 2.29. The Labute approximate surface area is 78.5 Å². The zero-order valence-electron chi connectivity index (χ0n) is 7.33. The maximum atomic E-state index is 12.8. The Morgan fingerprint density at radius 1 is 1.57 bits per heavy atom. The van der Waals surface area contributed by atoms with Crippen molar-refractivity contribution in [3.8, 4) is 0 Å². The van der Waals surface area contributed by atoms with E-state index < -0.39 is 5.92 Å². The first kappa shape index (κ1) is 9.11. The fraction of sp³-hybridized carbons (Fsp3) is 0.500. The minimum Gasteiger partial charge on any atom is -0.364 e. The van der Waals surface area contributed by atoms with E-state index in [2.05, 4.69) is 10.2 Å². The van der Waals surface area contributed by atoms with Gasteiger partial charge < -0.3 is 4.90 Å². The van der Waals surface area contributed by atoms with Crippen molar-refractivity contribution in [3.63, 3.8) is 0 Å². The summed E-state index contributed by atoms with van der Waals surface area (Å²) in [5, 5.41) is 5.75. The molecular formula is C8H9F2N3O. The van der Waals surface area contributed by atoms with Crippen LogP contribution in [0.2, 0.25) is 0 Å². The molecular weight excluding hydrogens is 192 g/mol. The van der Waals surface area contributed by atoms with Gasteiger partial charge in [-0.1, -0.05) is 0 Å². The number of rotatable bonds is 1. The maximum absolute atomic E-state index is 12.8. The predicted molar refractivity (Wildman–Crippen MR) is 46.6 cm³/mol. The Hall–Kier alpha value is -1.46. The third-order valence-corrected chi connectivity index (χ3v) is 2.19. The third kappa shape index (κ3) is 1.73. The molecule has 76 valence electrons. The highest BCUT2D eigenvalue weighted by atomic mass is 19.3. The number of aromatic nitrogens is 2. The number of nitrogens with zero attached hydrogens (tertiary/aromatic N) is 2. The van der Waals surface area contributed by atoms with Crippen molar-refractivity contribution in [3.05, 3.63) is 22.6 Å². The van der Waals surface area contributed by atoms with E-state index in [4.69, 9.17) is 0 Å². The van der Waals surface area contributed by atoms with Crippen LogP contribution in [0.25, 0.3) is 0 Å². The van der Waals surface area contributed by atoms with Gasteiger partial charge >= 0.3 is 0 Å². The molecule has 1 aliphatic rings. The van der Waals surface area contributed by atoms with Crippen molar-refractivity contribution in [2.45, 2.75) is 12.3 Å². The van der Waals surface area contributed by atoms with Crippen molar-refractivity contribution in [1.82, 2.24) is 10.2 Å². The number of alkyl halides is 2. The van der Waals surface area contributed by atoms with Gasteiger partial charge in [-0.2, -0.15) is 5.10 Å². The summed E-state index contributed by atoms with van der Waals surface area (Å²) < 4.78 is 25.7. The average Bonchev–Trinajstić information content (AvgIpc) is 2.46. The molecule has 1 N–H and O–H groups in total. The summed E-state index contributed by atoms with van der Waals surface area (Å²) in [6.07, 6.45) is 1.21. The van der Waals surface area contributed by atoms with Gasteiger partial charge in [-0.25, -0.2) is 13.9 Å². The summed E-state index contributed by atoms with van der Waals surface area (Å²) in [7, 11) is 0. The highest BCUT2D eigenvalue weighted by molar-refractivity contribution is 5.44. The lowest BCUT2D eigenvalue weighted by atomic mass is 10.3. The fourth-order valence-electron chi connectivity index (χ4n) is 1.50. The van der Waals surface area contributed by atoms with Crippen LogP contribution in [-0.2, 0) is 0 Å². The summed E-state index contributed by atoms with van der Waals surface area (Å²) in [5.74, 6) is -2.65. The quantitative estimate of drug-likeness (QED) is 0.724. The molecule has 0 aliphatic carbocycles. The largest absolute Gasteiger partial charge is 0.364 e. The zero-order chi connectivity index (χ0) is 10.2. The number of nitrogens with one attached hydrogen (secondary N) is 1.